The number of aryl methyl sites for hydroxylation is 1. The van der Waals surface area contributed by atoms with Crippen LogP contribution in [0.15, 0.2) is 33.8 Å². The monoisotopic (exact) mass is 489 g/mol. The lowest BCUT2D eigenvalue weighted by Gasteiger charge is -2.11. The van der Waals surface area contributed by atoms with E-state index < -0.39 is 0 Å². The Bertz CT molecular complexity index is 688. The van der Waals surface area contributed by atoms with E-state index in [0.717, 1.165) is 49.7 Å². The van der Waals surface area contributed by atoms with E-state index in [4.69, 9.17) is 4.52 Å². The van der Waals surface area contributed by atoms with Crippen molar-refractivity contribution in [1.29, 1.82) is 0 Å². The molecule has 2 aromatic rings. The van der Waals surface area contributed by atoms with Crippen molar-refractivity contribution in [3.8, 4) is 0 Å². The Hall–Kier alpha value is -1.71. The van der Waals surface area contributed by atoms with E-state index in [1.54, 1.807) is 12.1 Å². The predicted molar refractivity (Wildman–Crippen MR) is 116 cm³/mol. The van der Waals surface area contributed by atoms with Crippen LogP contribution in [0.3, 0.4) is 0 Å². The van der Waals surface area contributed by atoms with Crippen LogP contribution in [0.4, 0.5) is 4.39 Å². The molecular formula is C19H29FIN5O. The lowest BCUT2D eigenvalue weighted by Crippen LogP contribution is -2.38. The molecule has 0 amide bonds. The molecule has 1 aromatic heterocycles. The van der Waals surface area contributed by atoms with Gasteiger partial charge >= 0.3 is 0 Å². The van der Waals surface area contributed by atoms with Crippen LogP contribution in [0, 0.1) is 5.82 Å². The van der Waals surface area contributed by atoms with Crippen LogP contribution >= 0.6 is 24.0 Å². The minimum atomic E-state index is -0.210. The molecule has 1 aromatic carbocycles. The first-order valence-corrected chi connectivity index (χ1v) is 9.17. The van der Waals surface area contributed by atoms with Crippen molar-refractivity contribution in [2.45, 2.75) is 46.0 Å². The Balaban J connectivity index is 0.00000364. The molecule has 0 bridgehead atoms. The first kappa shape index (κ1) is 23.3. The van der Waals surface area contributed by atoms with E-state index in [2.05, 4.69) is 25.8 Å². The van der Waals surface area contributed by atoms with Crippen molar-refractivity contribution < 1.29 is 8.91 Å². The molecule has 0 aliphatic rings. The van der Waals surface area contributed by atoms with Crippen molar-refractivity contribution in [1.82, 2.24) is 20.8 Å². The number of hydrogen-bond acceptors (Lipinski definition) is 4. The first-order chi connectivity index (χ1) is 12.6. The Labute approximate surface area is 177 Å². The Morgan fingerprint density at radius 1 is 1.19 bits per heavy atom. The van der Waals surface area contributed by atoms with Gasteiger partial charge in [0.05, 0.1) is 0 Å². The lowest BCUT2D eigenvalue weighted by atomic mass is 10.1. The second-order valence-electron chi connectivity index (χ2n) is 6.37. The van der Waals surface area contributed by atoms with Gasteiger partial charge in [-0.15, -0.1) is 24.0 Å². The average Bonchev–Trinajstić information content (AvgIpc) is 3.09. The molecule has 0 aliphatic carbocycles. The van der Waals surface area contributed by atoms with E-state index in [1.807, 2.05) is 20.8 Å². The maximum Gasteiger partial charge on any atom is 0.226 e. The van der Waals surface area contributed by atoms with Crippen LogP contribution in [0.1, 0.15) is 50.4 Å². The Kier molecular flexibility index (Phi) is 10.9. The van der Waals surface area contributed by atoms with Crippen LogP contribution < -0.4 is 10.6 Å². The molecule has 0 radical (unpaired) electrons. The molecule has 8 heteroatoms. The van der Waals surface area contributed by atoms with Gasteiger partial charge in [-0.25, -0.2) is 4.39 Å². The van der Waals surface area contributed by atoms with Gasteiger partial charge in [0.25, 0.3) is 0 Å². The summed E-state index contributed by atoms with van der Waals surface area (Å²) in [4.78, 5) is 8.93. The maximum absolute atomic E-state index is 12.9. The van der Waals surface area contributed by atoms with Crippen molar-refractivity contribution in [3.05, 3.63) is 47.4 Å². The topological polar surface area (TPSA) is 75.3 Å². The summed E-state index contributed by atoms with van der Waals surface area (Å²) in [6.07, 6.45) is 2.37. The SMILES string of the molecule is CCNC(=NCCCc1nc(C(C)C)no1)NCCc1ccc(F)cc1.I. The molecule has 0 saturated heterocycles. The fourth-order valence-electron chi connectivity index (χ4n) is 2.34. The molecule has 1 heterocycles. The van der Waals surface area contributed by atoms with Crippen LogP contribution in [-0.4, -0.2) is 35.7 Å². The highest BCUT2D eigenvalue weighted by Gasteiger charge is 2.09. The summed E-state index contributed by atoms with van der Waals surface area (Å²) in [5, 5.41) is 10.5. The lowest BCUT2D eigenvalue weighted by molar-refractivity contribution is 0.369. The zero-order valence-electron chi connectivity index (χ0n) is 16.2. The summed E-state index contributed by atoms with van der Waals surface area (Å²) in [6.45, 7) is 8.31. The standard InChI is InChI=1S/C19H28FN5O.HI/c1-4-21-19(23-13-11-15-7-9-16(20)10-8-15)22-12-5-6-17-24-18(14(2)3)25-26-17;/h7-10,14H,4-6,11-13H2,1-3H3,(H2,21,22,23);1H. The summed E-state index contributed by atoms with van der Waals surface area (Å²) in [5.74, 6) is 2.26. The molecule has 0 atom stereocenters. The number of halogens is 2. The van der Waals surface area contributed by atoms with Crippen LogP contribution in [0.5, 0.6) is 0 Å². The predicted octanol–water partition coefficient (Wildman–Crippen LogP) is 3.68. The van der Waals surface area contributed by atoms with Gasteiger partial charge in [0.2, 0.25) is 5.89 Å². The number of nitrogens with one attached hydrogen (secondary N) is 2. The normalized spacial score (nSPS) is 11.4. The van der Waals surface area contributed by atoms with Crippen LogP contribution in [0.25, 0.3) is 0 Å². The van der Waals surface area contributed by atoms with Gasteiger partial charge in [0.1, 0.15) is 5.82 Å². The molecule has 2 rings (SSSR count). The van der Waals surface area contributed by atoms with Gasteiger partial charge in [-0.2, -0.15) is 4.98 Å². The van der Waals surface area contributed by atoms with Crippen molar-refractivity contribution in [3.63, 3.8) is 0 Å². The molecular weight excluding hydrogens is 460 g/mol. The summed E-state index contributed by atoms with van der Waals surface area (Å²) in [7, 11) is 0. The molecule has 0 saturated carbocycles. The minimum absolute atomic E-state index is 0. The zero-order chi connectivity index (χ0) is 18.8. The van der Waals surface area contributed by atoms with Gasteiger partial charge < -0.3 is 15.2 Å². The number of aromatic nitrogens is 2. The molecule has 150 valence electrons. The fraction of sp³-hybridized carbons (Fsp3) is 0.526. The third-order valence-corrected chi connectivity index (χ3v) is 3.78. The Morgan fingerprint density at radius 2 is 1.93 bits per heavy atom. The summed E-state index contributed by atoms with van der Waals surface area (Å²) >= 11 is 0. The van der Waals surface area contributed by atoms with Gasteiger partial charge in [-0.05, 0) is 37.5 Å². The number of nitrogens with zero attached hydrogens (tertiary/aromatic N) is 3. The Morgan fingerprint density at radius 3 is 2.56 bits per heavy atom. The van der Waals surface area contributed by atoms with Gasteiger partial charge in [0.15, 0.2) is 11.8 Å². The largest absolute Gasteiger partial charge is 0.357 e. The van der Waals surface area contributed by atoms with E-state index in [0.29, 0.717) is 12.4 Å². The number of guanidine groups is 1. The zero-order valence-corrected chi connectivity index (χ0v) is 18.5. The summed E-state index contributed by atoms with van der Waals surface area (Å²) < 4.78 is 18.1. The van der Waals surface area contributed by atoms with Crippen molar-refractivity contribution in [2.24, 2.45) is 4.99 Å². The van der Waals surface area contributed by atoms with Crippen molar-refractivity contribution >= 4 is 29.9 Å². The highest BCUT2D eigenvalue weighted by Crippen LogP contribution is 2.10. The van der Waals surface area contributed by atoms with E-state index in [9.17, 15) is 4.39 Å². The molecule has 6 nitrogen and oxygen atoms in total. The second-order valence-corrected chi connectivity index (χ2v) is 6.37. The van der Waals surface area contributed by atoms with Gasteiger partial charge in [-0.1, -0.05) is 31.1 Å². The highest BCUT2D eigenvalue weighted by molar-refractivity contribution is 14.0. The highest BCUT2D eigenvalue weighted by atomic mass is 127. The van der Waals surface area contributed by atoms with Gasteiger partial charge in [-0.3, -0.25) is 4.99 Å². The number of aliphatic imine (C=N–C) groups is 1. The second kappa shape index (κ2) is 12.6. The van der Waals surface area contributed by atoms with E-state index in [-0.39, 0.29) is 35.7 Å². The smallest absolute Gasteiger partial charge is 0.226 e. The molecule has 0 fully saturated rings. The first-order valence-electron chi connectivity index (χ1n) is 9.17. The minimum Gasteiger partial charge on any atom is -0.357 e. The quantitative estimate of drug-likeness (QED) is 0.243. The molecule has 2 N–H and O–H groups in total. The molecule has 27 heavy (non-hydrogen) atoms. The van der Waals surface area contributed by atoms with Crippen molar-refractivity contribution in [2.75, 3.05) is 19.6 Å². The molecule has 0 aliphatic heterocycles. The van der Waals surface area contributed by atoms with Crippen LogP contribution in [0.2, 0.25) is 0 Å². The third-order valence-electron chi connectivity index (χ3n) is 3.78. The molecule has 0 spiro atoms. The fourth-order valence-corrected chi connectivity index (χ4v) is 2.34. The maximum atomic E-state index is 12.9. The summed E-state index contributed by atoms with van der Waals surface area (Å²) in [6, 6.07) is 6.57. The number of benzene rings is 1. The number of rotatable bonds is 9. The summed E-state index contributed by atoms with van der Waals surface area (Å²) in [5.41, 5.74) is 1.09. The third kappa shape index (κ3) is 8.68. The number of hydrogen-bond donors (Lipinski definition) is 2. The van der Waals surface area contributed by atoms with Crippen LogP contribution in [-0.2, 0) is 12.8 Å². The van der Waals surface area contributed by atoms with E-state index in [1.165, 1.54) is 12.1 Å². The average molecular weight is 489 g/mol. The van der Waals surface area contributed by atoms with Gasteiger partial charge in [0, 0.05) is 32.0 Å². The molecule has 0 unspecified atom stereocenters. The van der Waals surface area contributed by atoms with E-state index >= 15 is 0 Å².